The topological polar surface area (TPSA) is 68.0 Å². The maximum atomic E-state index is 11.9. The monoisotopic (exact) mass is 311 g/mol. The summed E-state index contributed by atoms with van der Waals surface area (Å²) in [5.41, 5.74) is 2.41. The van der Waals surface area contributed by atoms with Gasteiger partial charge in [0.15, 0.2) is 12.2 Å². The molecule has 1 N–H and O–H groups in total. The Morgan fingerprint density at radius 3 is 2.77 bits per heavy atom. The van der Waals surface area contributed by atoms with Crippen LogP contribution in [-0.4, -0.2) is 15.9 Å². The van der Waals surface area contributed by atoms with Gasteiger partial charge in [0.25, 0.3) is 0 Å². The van der Waals surface area contributed by atoms with Crippen molar-refractivity contribution in [2.24, 2.45) is 0 Å². The summed E-state index contributed by atoms with van der Waals surface area (Å²) in [6, 6.07) is 7.36. The Bertz CT molecular complexity index is 789. The van der Waals surface area contributed by atoms with Crippen LogP contribution in [0.5, 0.6) is 0 Å². The molecule has 1 aromatic carbocycles. The molecule has 0 bridgehead atoms. The molecule has 1 amide bonds. The number of oxazole rings is 1. The van der Waals surface area contributed by atoms with Gasteiger partial charge in [-0.25, -0.2) is 9.97 Å². The standard InChI is InChI=1S/C16H13N3O2S/c1-11-18-14(9-22-11)6-7-16(20)19-13-4-2-12(3-5-13)15-8-17-10-21-15/h2-10H,1H3,(H,19,20). The fourth-order valence-corrected chi connectivity index (χ4v) is 2.46. The van der Waals surface area contributed by atoms with Gasteiger partial charge in [0.1, 0.15) is 0 Å². The van der Waals surface area contributed by atoms with E-state index in [2.05, 4.69) is 15.3 Å². The number of aromatic nitrogens is 2. The molecule has 0 aliphatic carbocycles. The Balaban J connectivity index is 1.63. The van der Waals surface area contributed by atoms with Crippen LogP contribution in [-0.2, 0) is 4.79 Å². The lowest BCUT2D eigenvalue weighted by atomic mass is 10.1. The summed E-state index contributed by atoms with van der Waals surface area (Å²) in [7, 11) is 0. The van der Waals surface area contributed by atoms with E-state index in [0.717, 1.165) is 16.3 Å². The first-order valence-corrected chi connectivity index (χ1v) is 7.49. The number of rotatable bonds is 4. The fourth-order valence-electron chi connectivity index (χ4n) is 1.88. The highest BCUT2D eigenvalue weighted by Crippen LogP contribution is 2.20. The first-order valence-electron chi connectivity index (χ1n) is 6.61. The average Bonchev–Trinajstić information content (AvgIpc) is 3.17. The van der Waals surface area contributed by atoms with Crippen LogP contribution in [0.15, 0.2) is 52.7 Å². The second-order valence-corrected chi connectivity index (χ2v) is 5.62. The van der Waals surface area contributed by atoms with Gasteiger partial charge in [-0.05, 0) is 37.3 Å². The molecular weight excluding hydrogens is 298 g/mol. The normalized spacial score (nSPS) is 11.0. The van der Waals surface area contributed by atoms with Crippen molar-refractivity contribution in [2.45, 2.75) is 6.92 Å². The van der Waals surface area contributed by atoms with E-state index < -0.39 is 0 Å². The molecule has 3 aromatic rings. The van der Waals surface area contributed by atoms with Gasteiger partial charge in [0.05, 0.1) is 16.9 Å². The van der Waals surface area contributed by atoms with Crippen molar-refractivity contribution in [1.82, 2.24) is 9.97 Å². The van der Waals surface area contributed by atoms with Crippen molar-refractivity contribution in [1.29, 1.82) is 0 Å². The van der Waals surface area contributed by atoms with Gasteiger partial charge in [0.2, 0.25) is 5.91 Å². The molecule has 110 valence electrons. The lowest BCUT2D eigenvalue weighted by Gasteiger charge is -2.02. The minimum Gasteiger partial charge on any atom is -0.444 e. The quantitative estimate of drug-likeness (QED) is 0.745. The second kappa shape index (κ2) is 6.36. The summed E-state index contributed by atoms with van der Waals surface area (Å²) < 4.78 is 5.21. The van der Waals surface area contributed by atoms with E-state index in [1.807, 2.05) is 36.6 Å². The highest BCUT2D eigenvalue weighted by molar-refractivity contribution is 7.09. The lowest BCUT2D eigenvalue weighted by molar-refractivity contribution is -0.111. The molecule has 0 radical (unpaired) electrons. The number of hydrogen-bond acceptors (Lipinski definition) is 5. The van der Waals surface area contributed by atoms with Crippen molar-refractivity contribution in [2.75, 3.05) is 5.32 Å². The number of hydrogen-bond donors (Lipinski definition) is 1. The number of aryl methyl sites for hydroxylation is 1. The maximum Gasteiger partial charge on any atom is 0.248 e. The molecular formula is C16H13N3O2S. The van der Waals surface area contributed by atoms with Gasteiger partial charge in [-0.1, -0.05) is 0 Å². The average molecular weight is 311 g/mol. The molecule has 0 saturated carbocycles. The Morgan fingerprint density at radius 1 is 1.32 bits per heavy atom. The van der Waals surface area contributed by atoms with E-state index in [1.54, 1.807) is 23.6 Å². The van der Waals surface area contributed by atoms with Gasteiger partial charge in [-0.3, -0.25) is 4.79 Å². The fraction of sp³-hybridized carbons (Fsp3) is 0.0625. The van der Waals surface area contributed by atoms with Crippen molar-refractivity contribution in [3.8, 4) is 11.3 Å². The summed E-state index contributed by atoms with van der Waals surface area (Å²) in [5, 5.41) is 5.68. The highest BCUT2D eigenvalue weighted by Gasteiger charge is 2.03. The predicted octanol–water partition coefficient (Wildman–Crippen LogP) is 3.76. The van der Waals surface area contributed by atoms with Crippen LogP contribution in [0.3, 0.4) is 0 Å². The minimum absolute atomic E-state index is 0.196. The van der Waals surface area contributed by atoms with E-state index in [-0.39, 0.29) is 5.91 Å². The zero-order chi connectivity index (χ0) is 15.4. The van der Waals surface area contributed by atoms with Crippen LogP contribution in [0.1, 0.15) is 10.7 Å². The zero-order valence-electron chi connectivity index (χ0n) is 11.8. The summed E-state index contributed by atoms with van der Waals surface area (Å²) in [4.78, 5) is 20.0. The Kier molecular flexibility index (Phi) is 4.11. The van der Waals surface area contributed by atoms with Crippen LogP contribution in [0.2, 0.25) is 0 Å². The number of carbonyl (C=O) groups is 1. The van der Waals surface area contributed by atoms with E-state index in [9.17, 15) is 4.79 Å². The predicted molar refractivity (Wildman–Crippen MR) is 86.5 cm³/mol. The summed E-state index contributed by atoms with van der Waals surface area (Å²) in [6.45, 7) is 1.93. The van der Waals surface area contributed by atoms with Gasteiger partial charge in [-0.15, -0.1) is 11.3 Å². The molecule has 2 heterocycles. The second-order valence-electron chi connectivity index (χ2n) is 4.56. The summed E-state index contributed by atoms with van der Waals surface area (Å²) in [5.74, 6) is 0.495. The van der Waals surface area contributed by atoms with E-state index in [1.165, 1.54) is 12.5 Å². The Hall–Kier alpha value is -2.73. The third kappa shape index (κ3) is 3.48. The lowest BCUT2D eigenvalue weighted by Crippen LogP contribution is -2.07. The van der Waals surface area contributed by atoms with Gasteiger partial charge in [-0.2, -0.15) is 0 Å². The Morgan fingerprint density at radius 2 is 2.14 bits per heavy atom. The molecule has 0 fully saturated rings. The van der Waals surface area contributed by atoms with Crippen molar-refractivity contribution in [3.05, 3.63) is 59.0 Å². The number of thiazole rings is 1. The third-order valence-corrected chi connectivity index (χ3v) is 3.70. The molecule has 6 heteroatoms. The number of anilines is 1. The number of carbonyl (C=O) groups excluding carboxylic acids is 1. The zero-order valence-corrected chi connectivity index (χ0v) is 12.6. The molecule has 5 nitrogen and oxygen atoms in total. The molecule has 0 spiro atoms. The van der Waals surface area contributed by atoms with Crippen LogP contribution in [0.25, 0.3) is 17.4 Å². The van der Waals surface area contributed by atoms with E-state index in [4.69, 9.17) is 4.42 Å². The number of amides is 1. The maximum absolute atomic E-state index is 11.9. The van der Waals surface area contributed by atoms with Gasteiger partial charge < -0.3 is 9.73 Å². The first kappa shape index (κ1) is 14.2. The van der Waals surface area contributed by atoms with Crippen molar-refractivity contribution in [3.63, 3.8) is 0 Å². The first-order chi connectivity index (χ1) is 10.7. The third-order valence-electron chi connectivity index (χ3n) is 2.91. The minimum atomic E-state index is -0.196. The Labute approximate surface area is 131 Å². The molecule has 0 atom stereocenters. The largest absolute Gasteiger partial charge is 0.444 e. The van der Waals surface area contributed by atoms with Crippen molar-refractivity contribution >= 4 is 29.0 Å². The summed E-state index contributed by atoms with van der Waals surface area (Å²) >= 11 is 1.55. The van der Waals surface area contributed by atoms with E-state index >= 15 is 0 Å². The van der Waals surface area contributed by atoms with Crippen LogP contribution in [0, 0.1) is 6.92 Å². The van der Waals surface area contributed by atoms with Gasteiger partial charge in [0, 0.05) is 22.7 Å². The molecule has 0 aliphatic heterocycles. The molecule has 0 aliphatic rings. The molecule has 3 rings (SSSR count). The van der Waals surface area contributed by atoms with Crippen LogP contribution in [0.4, 0.5) is 5.69 Å². The summed E-state index contributed by atoms with van der Waals surface area (Å²) in [6.07, 6.45) is 6.20. The number of nitrogens with zero attached hydrogens (tertiary/aromatic N) is 2. The highest BCUT2D eigenvalue weighted by atomic mass is 32.1. The molecule has 22 heavy (non-hydrogen) atoms. The molecule has 0 unspecified atom stereocenters. The van der Waals surface area contributed by atoms with Crippen molar-refractivity contribution < 1.29 is 9.21 Å². The number of nitrogens with one attached hydrogen (secondary N) is 1. The SMILES string of the molecule is Cc1nc(C=CC(=O)Nc2ccc(-c3cnco3)cc2)cs1. The number of benzene rings is 1. The molecule has 2 aromatic heterocycles. The van der Waals surface area contributed by atoms with E-state index in [0.29, 0.717) is 11.4 Å². The molecule has 0 saturated heterocycles. The van der Waals surface area contributed by atoms with Crippen LogP contribution >= 0.6 is 11.3 Å². The smallest absolute Gasteiger partial charge is 0.248 e. The van der Waals surface area contributed by atoms with Gasteiger partial charge >= 0.3 is 0 Å². The van der Waals surface area contributed by atoms with Crippen LogP contribution < -0.4 is 5.32 Å².